The Bertz CT molecular complexity index is 1020. The summed E-state index contributed by atoms with van der Waals surface area (Å²) in [6, 6.07) is 5.74. The van der Waals surface area contributed by atoms with Gasteiger partial charge in [-0.2, -0.15) is 0 Å². The van der Waals surface area contributed by atoms with Crippen molar-refractivity contribution in [3.05, 3.63) is 36.3 Å². The summed E-state index contributed by atoms with van der Waals surface area (Å²) in [4.78, 5) is 8.23. The summed E-state index contributed by atoms with van der Waals surface area (Å²) in [5.74, 6) is -3.41. The molecule has 3 aromatic rings. The minimum atomic E-state index is -2.63. The maximum absolute atomic E-state index is 14.4. The first kappa shape index (κ1) is 26.4. The van der Waals surface area contributed by atoms with Gasteiger partial charge in [0.1, 0.15) is 23.6 Å². The van der Waals surface area contributed by atoms with E-state index in [2.05, 4.69) is 23.8 Å². The van der Waals surface area contributed by atoms with Crippen molar-refractivity contribution >= 4 is 11.1 Å². The predicted octanol–water partition coefficient (Wildman–Crippen LogP) is 6.23. The SMILES string of the molecule is CC.CCC.C[C@H](N)COc1cnc(-c2nc3ccc(OCC4CC4(F)F)cc3o2)c(F)c1. The van der Waals surface area contributed by atoms with Gasteiger partial charge in [-0.05, 0) is 19.1 Å². The van der Waals surface area contributed by atoms with Crippen LogP contribution in [0.3, 0.4) is 0 Å². The van der Waals surface area contributed by atoms with Gasteiger partial charge in [-0.15, -0.1) is 0 Å². The average molecular weight is 468 g/mol. The highest BCUT2D eigenvalue weighted by atomic mass is 19.3. The van der Waals surface area contributed by atoms with Crippen LogP contribution in [0.1, 0.15) is 47.5 Å². The Hall–Kier alpha value is -2.81. The van der Waals surface area contributed by atoms with Gasteiger partial charge in [-0.25, -0.2) is 23.1 Å². The van der Waals surface area contributed by atoms with Crippen LogP contribution >= 0.6 is 0 Å². The van der Waals surface area contributed by atoms with E-state index in [4.69, 9.17) is 19.6 Å². The van der Waals surface area contributed by atoms with Crippen molar-refractivity contribution in [1.29, 1.82) is 0 Å². The molecule has 0 radical (unpaired) electrons. The van der Waals surface area contributed by atoms with Crippen LogP contribution in [0, 0.1) is 11.7 Å². The number of halogens is 3. The summed E-state index contributed by atoms with van der Waals surface area (Å²) in [6.45, 7) is 10.2. The highest BCUT2D eigenvalue weighted by molar-refractivity contribution is 5.77. The summed E-state index contributed by atoms with van der Waals surface area (Å²) in [5.41, 5.74) is 6.34. The zero-order valence-electron chi connectivity index (χ0n) is 19.7. The fourth-order valence-electron chi connectivity index (χ4n) is 2.63. The molecule has 1 fully saturated rings. The summed E-state index contributed by atoms with van der Waals surface area (Å²) < 4.78 is 56.5. The molecule has 2 N–H and O–H groups in total. The number of nitrogens with two attached hydrogens (primary N) is 1. The number of ether oxygens (including phenoxy) is 2. The number of oxazole rings is 1. The lowest BCUT2D eigenvalue weighted by Gasteiger charge is -2.08. The first-order valence-corrected chi connectivity index (χ1v) is 11.2. The second-order valence-corrected chi connectivity index (χ2v) is 7.62. The Morgan fingerprint density at radius 3 is 2.42 bits per heavy atom. The van der Waals surface area contributed by atoms with E-state index in [0.717, 1.165) is 0 Å². The summed E-state index contributed by atoms with van der Waals surface area (Å²) in [5, 5.41) is 0. The molecule has 0 bridgehead atoms. The lowest BCUT2D eigenvalue weighted by atomic mass is 10.3. The zero-order chi connectivity index (χ0) is 24.6. The minimum Gasteiger partial charge on any atom is -0.493 e. The molecular weight excluding hydrogens is 435 g/mol. The molecule has 1 aromatic carbocycles. The van der Waals surface area contributed by atoms with Gasteiger partial charge in [0.15, 0.2) is 17.1 Å². The highest BCUT2D eigenvalue weighted by Gasteiger charge is 2.57. The molecule has 1 unspecified atom stereocenters. The van der Waals surface area contributed by atoms with E-state index in [1.54, 1.807) is 19.1 Å². The van der Waals surface area contributed by atoms with Crippen LogP contribution in [0.2, 0.25) is 0 Å². The molecule has 0 spiro atoms. The summed E-state index contributed by atoms with van der Waals surface area (Å²) >= 11 is 0. The predicted molar refractivity (Wildman–Crippen MR) is 122 cm³/mol. The Labute approximate surface area is 192 Å². The third kappa shape index (κ3) is 7.35. The van der Waals surface area contributed by atoms with Crippen LogP contribution in [-0.2, 0) is 0 Å². The number of pyridine rings is 1. The van der Waals surface area contributed by atoms with Crippen molar-refractivity contribution in [1.82, 2.24) is 9.97 Å². The highest BCUT2D eigenvalue weighted by Crippen LogP contribution is 2.48. The van der Waals surface area contributed by atoms with Crippen molar-refractivity contribution in [2.75, 3.05) is 13.2 Å². The topological polar surface area (TPSA) is 83.4 Å². The molecule has 2 aromatic heterocycles. The largest absolute Gasteiger partial charge is 0.493 e. The van der Waals surface area contributed by atoms with Gasteiger partial charge in [0.05, 0.1) is 18.7 Å². The fourth-order valence-corrected chi connectivity index (χ4v) is 2.63. The van der Waals surface area contributed by atoms with Crippen LogP contribution in [0.15, 0.2) is 34.9 Å². The molecule has 2 atom stereocenters. The van der Waals surface area contributed by atoms with Gasteiger partial charge in [-0.1, -0.05) is 34.1 Å². The molecule has 2 heterocycles. The minimum absolute atomic E-state index is 0.00267. The van der Waals surface area contributed by atoms with Gasteiger partial charge in [0.2, 0.25) is 5.89 Å². The van der Waals surface area contributed by atoms with Crippen LogP contribution < -0.4 is 15.2 Å². The van der Waals surface area contributed by atoms with Gasteiger partial charge < -0.3 is 19.6 Å². The zero-order valence-corrected chi connectivity index (χ0v) is 19.7. The lowest BCUT2D eigenvalue weighted by Crippen LogP contribution is -2.23. The summed E-state index contributed by atoms with van der Waals surface area (Å²) in [7, 11) is 0. The molecule has 0 amide bonds. The number of hydrogen-bond donors (Lipinski definition) is 1. The van der Waals surface area contributed by atoms with Crippen LogP contribution in [-0.4, -0.2) is 35.1 Å². The standard InChI is InChI=1S/C19H18F3N3O3.C3H8.C2H6/c1-10(23)8-26-13-4-14(20)17(24-7-13)18-25-15-3-2-12(5-16(15)28-18)27-9-11-6-19(11,21)22;1-3-2;1-2/h2-5,7,10-11H,6,8-9,23H2,1H3;3H2,1-2H3;1-2H3/t10-,11?;;/m0../s1. The number of aromatic nitrogens is 2. The van der Waals surface area contributed by atoms with Crippen LogP contribution in [0.25, 0.3) is 22.7 Å². The molecule has 9 heteroatoms. The maximum Gasteiger partial charge on any atom is 0.255 e. The van der Waals surface area contributed by atoms with E-state index >= 15 is 0 Å². The lowest BCUT2D eigenvalue weighted by molar-refractivity contribution is 0.0856. The van der Waals surface area contributed by atoms with Gasteiger partial charge in [0, 0.05) is 24.6 Å². The van der Waals surface area contributed by atoms with E-state index in [1.165, 1.54) is 24.8 Å². The second kappa shape index (κ2) is 11.9. The summed E-state index contributed by atoms with van der Waals surface area (Å²) in [6.07, 6.45) is 2.45. The third-order valence-electron chi connectivity index (χ3n) is 4.30. The second-order valence-electron chi connectivity index (χ2n) is 7.62. The molecule has 6 nitrogen and oxygen atoms in total. The monoisotopic (exact) mass is 467 g/mol. The van der Waals surface area contributed by atoms with E-state index < -0.39 is 17.7 Å². The number of hydrogen-bond acceptors (Lipinski definition) is 6. The van der Waals surface area contributed by atoms with Crippen molar-refractivity contribution in [3.63, 3.8) is 0 Å². The first-order valence-electron chi connectivity index (χ1n) is 11.2. The molecule has 182 valence electrons. The number of benzene rings is 1. The third-order valence-corrected chi connectivity index (χ3v) is 4.30. The van der Waals surface area contributed by atoms with Crippen molar-refractivity contribution in [2.45, 2.75) is 59.4 Å². The molecule has 1 aliphatic rings. The first-order chi connectivity index (χ1) is 15.7. The number of rotatable bonds is 7. The Morgan fingerprint density at radius 1 is 1.18 bits per heavy atom. The molecule has 0 aliphatic heterocycles. The normalized spacial score (nSPS) is 16.7. The number of nitrogens with zero attached hydrogens (tertiary/aromatic N) is 2. The van der Waals surface area contributed by atoms with E-state index in [1.807, 2.05) is 13.8 Å². The average Bonchev–Trinajstić information content (AvgIpc) is 3.18. The molecule has 0 saturated heterocycles. The molecule has 4 rings (SSSR count). The molecule has 1 saturated carbocycles. The van der Waals surface area contributed by atoms with Gasteiger partial charge in [0.25, 0.3) is 5.92 Å². The number of fused-ring (bicyclic) bond motifs is 1. The van der Waals surface area contributed by atoms with Crippen molar-refractivity contribution in [3.8, 4) is 23.1 Å². The van der Waals surface area contributed by atoms with E-state index in [-0.39, 0.29) is 43.0 Å². The number of alkyl halides is 2. The molecular formula is C24H32F3N3O3. The Morgan fingerprint density at radius 2 is 1.85 bits per heavy atom. The van der Waals surface area contributed by atoms with Crippen LogP contribution in [0.5, 0.6) is 11.5 Å². The Kier molecular flexibility index (Phi) is 9.52. The van der Waals surface area contributed by atoms with E-state index in [0.29, 0.717) is 16.8 Å². The van der Waals surface area contributed by atoms with Crippen LogP contribution in [0.4, 0.5) is 13.2 Å². The molecule has 1 aliphatic carbocycles. The van der Waals surface area contributed by atoms with E-state index in [9.17, 15) is 13.2 Å². The maximum atomic E-state index is 14.4. The fraction of sp³-hybridized carbons (Fsp3) is 0.500. The van der Waals surface area contributed by atoms with Gasteiger partial charge >= 0.3 is 0 Å². The Balaban J connectivity index is 0.000000714. The van der Waals surface area contributed by atoms with Gasteiger partial charge in [-0.3, -0.25) is 0 Å². The van der Waals surface area contributed by atoms with Crippen molar-refractivity contribution in [2.24, 2.45) is 11.7 Å². The smallest absolute Gasteiger partial charge is 0.255 e. The van der Waals surface area contributed by atoms with Crippen molar-refractivity contribution < 1.29 is 27.1 Å². The quantitative estimate of drug-likeness (QED) is 0.443. The molecule has 33 heavy (non-hydrogen) atoms.